The lowest BCUT2D eigenvalue weighted by Crippen LogP contribution is -2.50. The topological polar surface area (TPSA) is 104 Å². The molecule has 2 heterocycles. The van der Waals surface area contributed by atoms with Crippen molar-refractivity contribution in [1.29, 1.82) is 0 Å². The highest BCUT2D eigenvalue weighted by atomic mass is 16.5. The van der Waals surface area contributed by atoms with Gasteiger partial charge in [-0.15, -0.1) is 0 Å². The predicted molar refractivity (Wildman–Crippen MR) is 155 cm³/mol. The number of pyridine rings is 1. The maximum atomic E-state index is 13.6. The second kappa shape index (κ2) is 13.1. The first-order chi connectivity index (χ1) is 19.3. The summed E-state index contributed by atoms with van der Waals surface area (Å²) < 4.78 is 11.6. The average molecular weight is 545 g/mol. The van der Waals surface area contributed by atoms with Gasteiger partial charge in [-0.2, -0.15) is 0 Å². The van der Waals surface area contributed by atoms with Crippen LogP contribution in [0.25, 0.3) is 12.2 Å². The summed E-state index contributed by atoms with van der Waals surface area (Å²) in [5, 5.41) is 12.8. The number of hydrogen-bond donors (Lipinski definition) is 2. The van der Waals surface area contributed by atoms with Gasteiger partial charge in [0.05, 0.1) is 26.3 Å². The molecule has 0 spiro atoms. The molecule has 9 nitrogen and oxygen atoms in total. The molecule has 9 heteroatoms. The Balaban J connectivity index is 1.58. The number of amides is 3. The van der Waals surface area contributed by atoms with E-state index in [0.29, 0.717) is 23.5 Å². The first kappa shape index (κ1) is 28.6. The van der Waals surface area contributed by atoms with E-state index in [0.717, 1.165) is 11.1 Å². The van der Waals surface area contributed by atoms with Gasteiger partial charge < -0.3 is 29.7 Å². The van der Waals surface area contributed by atoms with E-state index in [1.54, 1.807) is 60.5 Å². The first-order valence-corrected chi connectivity index (χ1v) is 13.3. The Kier molecular flexibility index (Phi) is 9.39. The Morgan fingerprint density at radius 2 is 1.95 bits per heavy atom. The second-order valence-corrected chi connectivity index (χ2v) is 10.0. The molecule has 2 N–H and O–H groups in total. The number of rotatable bonds is 8. The van der Waals surface area contributed by atoms with Gasteiger partial charge in [-0.3, -0.25) is 4.79 Å². The van der Waals surface area contributed by atoms with Crippen molar-refractivity contribution in [2.45, 2.75) is 26.0 Å². The van der Waals surface area contributed by atoms with Crippen LogP contribution in [0.3, 0.4) is 0 Å². The van der Waals surface area contributed by atoms with Gasteiger partial charge in [0.25, 0.3) is 5.91 Å². The van der Waals surface area contributed by atoms with Gasteiger partial charge in [-0.25, -0.2) is 9.78 Å². The van der Waals surface area contributed by atoms with E-state index < -0.39 is 12.1 Å². The number of hydrogen-bond acceptors (Lipinski definition) is 6. The molecule has 0 aliphatic carbocycles. The molecule has 40 heavy (non-hydrogen) atoms. The van der Waals surface area contributed by atoms with Crippen molar-refractivity contribution in [3.63, 3.8) is 0 Å². The van der Waals surface area contributed by atoms with E-state index in [-0.39, 0.29) is 36.9 Å². The van der Waals surface area contributed by atoms with Crippen molar-refractivity contribution in [3.05, 3.63) is 83.6 Å². The standard InChI is InChI=1S/C31H36N4O5/c1-21-18-35(22(2)20-36)30(37)27-15-24(14-13-23-9-6-5-7-10-23)17-32-29(27)40-28(21)19-34(3)31(38)33-25-11-8-12-26(16-25)39-4/h5-17,21-22,28,36H,18-20H2,1-4H3,(H,33,38)/t21-,22+,28+/m0/s1. The Labute approximate surface area is 235 Å². The molecule has 3 atom stereocenters. The van der Waals surface area contributed by atoms with Gasteiger partial charge in [0.1, 0.15) is 17.4 Å². The van der Waals surface area contributed by atoms with Crippen LogP contribution in [0.1, 0.15) is 35.3 Å². The van der Waals surface area contributed by atoms with Gasteiger partial charge in [-0.05, 0) is 36.2 Å². The highest BCUT2D eigenvalue weighted by Gasteiger charge is 2.34. The lowest BCUT2D eigenvalue weighted by Gasteiger charge is -2.37. The fourth-order valence-electron chi connectivity index (χ4n) is 4.46. The number of fused-ring (bicyclic) bond motifs is 1. The van der Waals surface area contributed by atoms with Crippen LogP contribution in [0.2, 0.25) is 0 Å². The number of nitrogens with one attached hydrogen (secondary N) is 1. The smallest absolute Gasteiger partial charge is 0.321 e. The second-order valence-electron chi connectivity index (χ2n) is 10.0. The van der Waals surface area contributed by atoms with E-state index in [1.165, 1.54) is 0 Å². The molecule has 1 aliphatic rings. The fraction of sp³-hybridized carbons (Fsp3) is 0.323. The molecule has 210 valence electrons. The number of nitrogens with zero attached hydrogens (tertiary/aromatic N) is 3. The summed E-state index contributed by atoms with van der Waals surface area (Å²) in [4.78, 5) is 34.3. The van der Waals surface area contributed by atoms with Crippen molar-refractivity contribution in [3.8, 4) is 11.6 Å². The SMILES string of the molecule is COc1cccc(NC(=O)N(C)C[C@H]2Oc3ncc(C=Cc4ccccc4)cc3C(=O)N([C@H](C)CO)C[C@@H]2C)c1. The average Bonchev–Trinajstić information content (AvgIpc) is 2.98. The normalized spacial score (nSPS) is 17.8. The lowest BCUT2D eigenvalue weighted by molar-refractivity contribution is 0.0356. The van der Waals surface area contributed by atoms with Crippen LogP contribution < -0.4 is 14.8 Å². The molecule has 2 aromatic carbocycles. The fourth-order valence-corrected chi connectivity index (χ4v) is 4.46. The molecule has 3 aromatic rings. The zero-order valence-corrected chi connectivity index (χ0v) is 23.3. The Bertz CT molecular complexity index is 1350. The molecule has 0 radical (unpaired) electrons. The zero-order chi connectivity index (χ0) is 28.6. The molecule has 0 bridgehead atoms. The van der Waals surface area contributed by atoms with Crippen molar-refractivity contribution in [1.82, 2.24) is 14.8 Å². The van der Waals surface area contributed by atoms with E-state index in [9.17, 15) is 14.7 Å². The summed E-state index contributed by atoms with van der Waals surface area (Å²) in [7, 11) is 3.26. The molecule has 3 amide bonds. The molecule has 0 fully saturated rings. The number of aromatic nitrogens is 1. The van der Waals surface area contributed by atoms with Crippen LogP contribution in [0.15, 0.2) is 66.9 Å². The van der Waals surface area contributed by atoms with Crippen molar-refractivity contribution in [2.24, 2.45) is 5.92 Å². The Morgan fingerprint density at radius 3 is 2.67 bits per heavy atom. The number of urea groups is 1. The van der Waals surface area contributed by atoms with Gasteiger partial charge in [0.2, 0.25) is 5.88 Å². The minimum atomic E-state index is -0.459. The summed E-state index contributed by atoms with van der Waals surface area (Å²) in [6, 6.07) is 18.0. The zero-order valence-electron chi connectivity index (χ0n) is 23.3. The number of carbonyl (C=O) groups excluding carboxylic acids is 2. The maximum Gasteiger partial charge on any atom is 0.321 e. The molecule has 4 rings (SSSR count). The Hall–Kier alpha value is -4.37. The van der Waals surface area contributed by atoms with E-state index in [4.69, 9.17) is 9.47 Å². The number of carbonyl (C=O) groups is 2. The first-order valence-electron chi connectivity index (χ1n) is 13.3. The number of likely N-dealkylation sites (N-methyl/N-ethyl adjacent to an activating group) is 1. The monoisotopic (exact) mass is 544 g/mol. The minimum Gasteiger partial charge on any atom is -0.497 e. The highest BCUT2D eigenvalue weighted by Crippen LogP contribution is 2.28. The molecule has 0 saturated heterocycles. The van der Waals surface area contributed by atoms with E-state index in [1.807, 2.05) is 56.3 Å². The quantitative estimate of drug-likeness (QED) is 0.428. The van der Waals surface area contributed by atoms with E-state index in [2.05, 4.69) is 10.3 Å². The number of anilines is 1. The molecular formula is C31H36N4O5. The third-order valence-electron chi connectivity index (χ3n) is 6.93. The van der Waals surface area contributed by atoms with Crippen molar-refractivity contribution in [2.75, 3.05) is 39.2 Å². The van der Waals surface area contributed by atoms with Crippen LogP contribution in [-0.2, 0) is 0 Å². The largest absolute Gasteiger partial charge is 0.497 e. The Morgan fingerprint density at radius 1 is 1.20 bits per heavy atom. The minimum absolute atomic E-state index is 0.155. The third kappa shape index (κ3) is 6.98. The number of methoxy groups -OCH3 is 1. The van der Waals surface area contributed by atoms with Crippen LogP contribution >= 0.6 is 0 Å². The van der Waals surface area contributed by atoms with Gasteiger partial charge in [-0.1, -0.05) is 55.5 Å². The summed E-state index contributed by atoms with van der Waals surface area (Å²) in [5.41, 5.74) is 2.70. The molecule has 0 saturated carbocycles. The predicted octanol–water partition coefficient (Wildman–Crippen LogP) is 4.64. The maximum absolute atomic E-state index is 13.6. The highest BCUT2D eigenvalue weighted by molar-refractivity contribution is 5.97. The van der Waals surface area contributed by atoms with Crippen LogP contribution in [0.4, 0.5) is 10.5 Å². The summed E-state index contributed by atoms with van der Waals surface area (Å²) in [5.74, 6) is 0.432. The molecule has 1 aliphatic heterocycles. The third-order valence-corrected chi connectivity index (χ3v) is 6.93. The lowest BCUT2D eigenvalue weighted by atomic mass is 10.00. The number of aliphatic hydroxyl groups excluding tert-OH is 1. The van der Waals surface area contributed by atoms with Crippen LogP contribution in [0.5, 0.6) is 11.6 Å². The number of benzene rings is 2. The number of ether oxygens (including phenoxy) is 2. The molecular weight excluding hydrogens is 508 g/mol. The van der Waals surface area contributed by atoms with Gasteiger partial charge in [0.15, 0.2) is 0 Å². The van der Waals surface area contributed by atoms with Crippen molar-refractivity contribution < 1.29 is 24.2 Å². The summed E-state index contributed by atoms with van der Waals surface area (Å²) in [6.45, 7) is 4.19. The number of aliphatic hydroxyl groups is 1. The van der Waals surface area contributed by atoms with Crippen molar-refractivity contribution >= 4 is 29.8 Å². The molecule has 0 unspecified atom stereocenters. The van der Waals surface area contributed by atoms with Gasteiger partial charge >= 0.3 is 6.03 Å². The summed E-state index contributed by atoms with van der Waals surface area (Å²) >= 11 is 0. The van der Waals surface area contributed by atoms with E-state index >= 15 is 0 Å². The van der Waals surface area contributed by atoms with Crippen LogP contribution in [-0.4, -0.2) is 77.8 Å². The molecule has 1 aromatic heterocycles. The summed E-state index contributed by atoms with van der Waals surface area (Å²) in [6.07, 6.45) is 5.05. The van der Waals surface area contributed by atoms with Crippen LogP contribution in [0, 0.1) is 5.92 Å². The van der Waals surface area contributed by atoms with Gasteiger partial charge in [0, 0.05) is 37.5 Å².